The highest BCUT2D eigenvalue weighted by atomic mass is 32.1. The van der Waals surface area contributed by atoms with Gasteiger partial charge in [-0.25, -0.2) is 4.79 Å². The molecule has 6 heteroatoms. The molecule has 0 saturated carbocycles. The van der Waals surface area contributed by atoms with Gasteiger partial charge >= 0.3 is 5.97 Å². The molecule has 2 aromatic heterocycles. The molecule has 0 unspecified atom stereocenters. The molecule has 2 rings (SSSR count). The summed E-state index contributed by atoms with van der Waals surface area (Å²) in [6.45, 7) is 2.62. The van der Waals surface area contributed by atoms with Crippen LogP contribution in [0.4, 0.5) is 0 Å². The number of carbonyl (C=O) groups is 2. The van der Waals surface area contributed by atoms with Crippen molar-refractivity contribution in [2.24, 2.45) is 0 Å². The summed E-state index contributed by atoms with van der Waals surface area (Å²) in [5.41, 5.74) is 0. The number of aryl methyl sites for hydroxylation is 1. The lowest BCUT2D eigenvalue weighted by molar-refractivity contribution is -0.131. The van der Waals surface area contributed by atoms with Crippen molar-refractivity contribution >= 4 is 40.6 Å². The van der Waals surface area contributed by atoms with Crippen LogP contribution < -0.4 is 5.32 Å². The van der Waals surface area contributed by atoms with Gasteiger partial charge in [0.15, 0.2) is 0 Å². The molecule has 2 N–H and O–H groups in total. The second-order valence-corrected chi connectivity index (χ2v) is 6.65. The Kier molecular flexibility index (Phi) is 5.30. The minimum absolute atomic E-state index is 0.138. The summed E-state index contributed by atoms with van der Waals surface area (Å²) >= 11 is 2.97. The van der Waals surface area contributed by atoms with Gasteiger partial charge in [-0.05, 0) is 36.8 Å². The largest absolute Gasteiger partial charge is 0.478 e. The molecule has 110 valence electrons. The molecule has 4 nitrogen and oxygen atoms in total. The number of carboxylic acids is 1. The van der Waals surface area contributed by atoms with E-state index in [0.717, 1.165) is 22.3 Å². The molecule has 0 bridgehead atoms. The summed E-state index contributed by atoms with van der Waals surface area (Å²) in [6, 6.07) is 7.54. The molecule has 21 heavy (non-hydrogen) atoms. The maximum absolute atomic E-state index is 12.0. The predicted octanol–water partition coefficient (Wildman–Crippen LogP) is 3.40. The molecule has 0 saturated heterocycles. The lowest BCUT2D eigenvalue weighted by atomic mass is 10.3. The standard InChI is InChI=1S/C15H15NO3S2/c1-2-10-3-4-12(20-10)9-16-15(19)13-7-5-11(21-13)6-8-14(17)18/h3-8H,2,9H2,1H3,(H,16,19)(H,17,18)/b8-6+. The Bertz CT molecular complexity index is 670. The summed E-state index contributed by atoms with van der Waals surface area (Å²) < 4.78 is 0. The Labute approximate surface area is 130 Å². The van der Waals surface area contributed by atoms with Gasteiger partial charge in [-0.3, -0.25) is 4.79 Å². The predicted molar refractivity (Wildman–Crippen MR) is 85.9 cm³/mol. The van der Waals surface area contributed by atoms with Gasteiger partial charge in [0.1, 0.15) is 0 Å². The molecule has 0 atom stereocenters. The van der Waals surface area contributed by atoms with E-state index in [2.05, 4.69) is 18.3 Å². The number of hydrogen-bond donors (Lipinski definition) is 2. The van der Waals surface area contributed by atoms with Crippen molar-refractivity contribution in [2.75, 3.05) is 0 Å². The Morgan fingerprint density at radius 1 is 1.19 bits per heavy atom. The maximum atomic E-state index is 12.0. The number of hydrogen-bond acceptors (Lipinski definition) is 4. The Hall–Kier alpha value is -1.92. The summed E-state index contributed by atoms with van der Waals surface area (Å²) in [7, 11) is 0. The first kappa shape index (κ1) is 15.5. The van der Waals surface area contributed by atoms with Crippen molar-refractivity contribution in [1.82, 2.24) is 5.32 Å². The second kappa shape index (κ2) is 7.19. The van der Waals surface area contributed by atoms with Crippen LogP contribution in [-0.2, 0) is 17.8 Å². The molecule has 0 spiro atoms. The van der Waals surface area contributed by atoms with Crippen molar-refractivity contribution in [3.05, 3.63) is 49.9 Å². The minimum Gasteiger partial charge on any atom is -0.478 e. The van der Waals surface area contributed by atoms with Gasteiger partial charge < -0.3 is 10.4 Å². The van der Waals surface area contributed by atoms with E-state index in [-0.39, 0.29) is 5.91 Å². The van der Waals surface area contributed by atoms with Crippen LogP contribution in [0, 0.1) is 0 Å². The quantitative estimate of drug-likeness (QED) is 0.801. The van der Waals surface area contributed by atoms with Crippen LogP contribution >= 0.6 is 22.7 Å². The number of amides is 1. The lowest BCUT2D eigenvalue weighted by Gasteiger charge is -2.00. The highest BCUT2D eigenvalue weighted by Crippen LogP contribution is 2.19. The molecule has 1 amide bonds. The lowest BCUT2D eigenvalue weighted by Crippen LogP contribution is -2.21. The van der Waals surface area contributed by atoms with Gasteiger partial charge in [0.25, 0.3) is 5.91 Å². The van der Waals surface area contributed by atoms with E-state index in [1.165, 1.54) is 22.3 Å². The van der Waals surface area contributed by atoms with E-state index >= 15 is 0 Å². The molecule has 0 aliphatic heterocycles. The third kappa shape index (κ3) is 4.54. The van der Waals surface area contributed by atoms with E-state index in [0.29, 0.717) is 11.4 Å². The van der Waals surface area contributed by atoms with E-state index in [4.69, 9.17) is 5.11 Å². The van der Waals surface area contributed by atoms with Crippen LogP contribution in [0.5, 0.6) is 0 Å². The Balaban J connectivity index is 1.92. The minimum atomic E-state index is -1.00. The summed E-state index contributed by atoms with van der Waals surface area (Å²) in [4.78, 5) is 26.2. The highest BCUT2D eigenvalue weighted by molar-refractivity contribution is 7.14. The first-order chi connectivity index (χ1) is 10.1. The Morgan fingerprint density at radius 2 is 1.95 bits per heavy atom. The Morgan fingerprint density at radius 3 is 2.62 bits per heavy atom. The third-order valence-electron chi connectivity index (χ3n) is 2.73. The molecule has 0 aliphatic carbocycles. The summed E-state index contributed by atoms with van der Waals surface area (Å²) in [5.74, 6) is -1.14. The van der Waals surface area contributed by atoms with Crippen LogP contribution in [0.3, 0.4) is 0 Å². The molecular weight excluding hydrogens is 306 g/mol. The van der Waals surface area contributed by atoms with Crippen molar-refractivity contribution in [1.29, 1.82) is 0 Å². The topological polar surface area (TPSA) is 66.4 Å². The first-order valence-corrected chi connectivity index (χ1v) is 8.08. The highest BCUT2D eigenvalue weighted by Gasteiger charge is 2.09. The zero-order valence-electron chi connectivity index (χ0n) is 11.5. The van der Waals surface area contributed by atoms with Crippen LogP contribution in [0.1, 0.15) is 31.2 Å². The fraction of sp³-hybridized carbons (Fsp3) is 0.200. The van der Waals surface area contributed by atoms with Crippen LogP contribution in [0.25, 0.3) is 6.08 Å². The SMILES string of the molecule is CCc1ccc(CNC(=O)c2ccc(/C=C/C(=O)O)s2)s1. The van der Waals surface area contributed by atoms with Gasteiger partial charge in [-0.2, -0.15) is 0 Å². The molecule has 0 aliphatic rings. The van der Waals surface area contributed by atoms with Crippen molar-refractivity contribution in [2.45, 2.75) is 19.9 Å². The average molecular weight is 321 g/mol. The maximum Gasteiger partial charge on any atom is 0.328 e. The van der Waals surface area contributed by atoms with E-state index in [1.807, 2.05) is 6.07 Å². The number of nitrogens with one attached hydrogen (secondary N) is 1. The number of carbonyl (C=O) groups excluding carboxylic acids is 1. The monoisotopic (exact) mass is 321 g/mol. The number of rotatable bonds is 6. The zero-order valence-corrected chi connectivity index (χ0v) is 13.1. The van der Waals surface area contributed by atoms with Gasteiger partial charge in [0, 0.05) is 20.7 Å². The molecule has 2 heterocycles. The summed E-state index contributed by atoms with van der Waals surface area (Å²) in [6.07, 6.45) is 3.55. The second-order valence-electron chi connectivity index (χ2n) is 4.28. The van der Waals surface area contributed by atoms with Crippen LogP contribution in [-0.4, -0.2) is 17.0 Å². The molecular formula is C15H15NO3S2. The molecule has 0 fully saturated rings. The van der Waals surface area contributed by atoms with Gasteiger partial charge in [-0.15, -0.1) is 22.7 Å². The summed E-state index contributed by atoms with van der Waals surface area (Å²) in [5, 5.41) is 11.4. The fourth-order valence-corrected chi connectivity index (χ4v) is 3.40. The number of carboxylic acid groups (broad SMARTS) is 1. The third-order valence-corrected chi connectivity index (χ3v) is 5.01. The van der Waals surface area contributed by atoms with E-state index in [1.54, 1.807) is 23.5 Å². The molecule has 0 radical (unpaired) electrons. The van der Waals surface area contributed by atoms with Gasteiger partial charge in [-0.1, -0.05) is 6.92 Å². The zero-order chi connectivity index (χ0) is 15.2. The van der Waals surface area contributed by atoms with Gasteiger partial charge in [0.2, 0.25) is 0 Å². The fourth-order valence-electron chi connectivity index (χ4n) is 1.68. The molecule has 2 aromatic rings. The first-order valence-electron chi connectivity index (χ1n) is 6.45. The molecule has 0 aromatic carbocycles. The average Bonchev–Trinajstić information content (AvgIpc) is 3.11. The van der Waals surface area contributed by atoms with Crippen molar-refractivity contribution in [3.63, 3.8) is 0 Å². The smallest absolute Gasteiger partial charge is 0.328 e. The van der Waals surface area contributed by atoms with E-state index < -0.39 is 5.97 Å². The van der Waals surface area contributed by atoms with Crippen LogP contribution in [0.2, 0.25) is 0 Å². The van der Waals surface area contributed by atoms with Gasteiger partial charge in [0.05, 0.1) is 11.4 Å². The van der Waals surface area contributed by atoms with E-state index in [9.17, 15) is 9.59 Å². The number of thiophene rings is 2. The van der Waals surface area contributed by atoms with Crippen molar-refractivity contribution in [3.8, 4) is 0 Å². The van der Waals surface area contributed by atoms with Crippen LogP contribution in [0.15, 0.2) is 30.3 Å². The normalized spacial score (nSPS) is 10.9. The number of aliphatic carboxylic acids is 1. The van der Waals surface area contributed by atoms with Crippen molar-refractivity contribution < 1.29 is 14.7 Å².